The molecule has 0 aliphatic rings. The molecule has 0 aromatic heterocycles. The lowest BCUT2D eigenvalue weighted by Crippen LogP contribution is -2.26. The number of hydrogen-bond acceptors (Lipinski definition) is 4. The predicted octanol–water partition coefficient (Wildman–Crippen LogP) is 4.96. The molecule has 3 aromatic rings. The van der Waals surface area contributed by atoms with Gasteiger partial charge in [-0.3, -0.25) is 4.79 Å². The number of ether oxygens (including phenoxy) is 1. The second-order valence-electron chi connectivity index (χ2n) is 7.30. The van der Waals surface area contributed by atoms with E-state index in [-0.39, 0.29) is 23.3 Å². The second kappa shape index (κ2) is 10.6. The van der Waals surface area contributed by atoms with Gasteiger partial charge in [0.1, 0.15) is 5.75 Å². The Balaban J connectivity index is 1.56. The molecule has 2 N–H and O–H groups in total. The van der Waals surface area contributed by atoms with Gasteiger partial charge in [0.2, 0.25) is 15.9 Å². The molecule has 0 spiro atoms. The van der Waals surface area contributed by atoms with Crippen LogP contribution < -0.4 is 14.8 Å². The number of carbonyl (C=O) groups excluding carboxylic acids is 1. The minimum atomic E-state index is -3.66. The van der Waals surface area contributed by atoms with Crippen molar-refractivity contribution in [1.29, 1.82) is 0 Å². The van der Waals surface area contributed by atoms with Gasteiger partial charge in [-0.2, -0.15) is 0 Å². The van der Waals surface area contributed by atoms with Crippen molar-refractivity contribution < 1.29 is 17.9 Å². The van der Waals surface area contributed by atoms with Crippen LogP contribution >= 0.6 is 11.6 Å². The van der Waals surface area contributed by atoms with Crippen molar-refractivity contribution in [2.24, 2.45) is 0 Å². The largest absolute Gasteiger partial charge is 0.495 e. The molecule has 1 atom stereocenters. The Morgan fingerprint density at radius 3 is 2.34 bits per heavy atom. The van der Waals surface area contributed by atoms with Crippen LogP contribution in [-0.2, 0) is 21.2 Å². The van der Waals surface area contributed by atoms with Crippen LogP contribution in [0, 0.1) is 0 Å². The number of rotatable bonds is 9. The third-order valence-corrected chi connectivity index (χ3v) is 6.79. The summed E-state index contributed by atoms with van der Waals surface area (Å²) in [6, 6.07) is 20.6. The summed E-state index contributed by atoms with van der Waals surface area (Å²) in [4.78, 5) is 12.4. The standard InChI is InChI=1S/C24H25ClN2O4S/c1-17(19-6-4-3-5-7-19)27-32(29,30)21-12-8-18(9-13-21)10-15-24(28)26-20-11-14-23(31-2)22(25)16-20/h3-9,11-14,16-17,27H,10,15H2,1-2H3,(H,26,28). The zero-order chi connectivity index (χ0) is 23.1. The molecular weight excluding hydrogens is 448 g/mol. The maximum Gasteiger partial charge on any atom is 0.241 e. The van der Waals surface area contributed by atoms with Crippen molar-refractivity contribution in [2.45, 2.75) is 30.7 Å². The minimum absolute atomic E-state index is 0.165. The van der Waals surface area contributed by atoms with Gasteiger partial charge in [0.15, 0.2) is 0 Å². The van der Waals surface area contributed by atoms with Crippen LogP contribution in [0.15, 0.2) is 77.7 Å². The topological polar surface area (TPSA) is 84.5 Å². The first kappa shape index (κ1) is 23.8. The van der Waals surface area contributed by atoms with Gasteiger partial charge >= 0.3 is 0 Å². The highest BCUT2D eigenvalue weighted by Crippen LogP contribution is 2.27. The predicted molar refractivity (Wildman–Crippen MR) is 127 cm³/mol. The summed E-state index contributed by atoms with van der Waals surface area (Å²) >= 11 is 6.07. The molecule has 0 aliphatic carbocycles. The van der Waals surface area contributed by atoms with E-state index < -0.39 is 10.0 Å². The van der Waals surface area contributed by atoms with Crippen LogP contribution in [0.5, 0.6) is 5.75 Å². The minimum Gasteiger partial charge on any atom is -0.495 e. The van der Waals surface area contributed by atoms with Crippen molar-refractivity contribution in [3.05, 3.63) is 88.9 Å². The molecule has 8 heteroatoms. The van der Waals surface area contributed by atoms with E-state index in [0.717, 1.165) is 11.1 Å². The number of methoxy groups -OCH3 is 1. The summed E-state index contributed by atoms with van der Waals surface area (Å²) in [5.41, 5.74) is 2.33. The van der Waals surface area contributed by atoms with E-state index in [1.54, 1.807) is 49.4 Å². The second-order valence-corrected chi connectivity index (χ2v) is 9.42. The lowest BCUT2D eigenvalue weighted by Gasteiger charge is -2.15. The number of sulfonamides is 1. The van der Waals surface area contributed by atoms with Crippen LogP contribution in [0.1, 0.15) is 30.5 Å². The number of carbonyl (C=O) groups is 1. The van der Waals surface area contributed by atoms with Gasteiger partial charge in [0, 0.05) is 18.2 Å². The molecule has 0 fully saturated rings. The van der Waals surface area contributed by atoms with E-state index in [9.17, 15) is 13.2 Å². The molecule has 0 aliphatic heterocycles. The van der Waals surface area contributed by atoms with Crippen molar-refractivity contribution in [1.82, 2.24) is 4.72 Å². The zero-order valence-electron chi connectivity index (χ0n) is 17.8. The summed E-state index contributed by atoms with van der Waals surface area (Å²) in [5.74, 6) is 0.369. The maximum absolute atomic E-state index is 12.7. The van der Waals surface area contributed by atoms with Crippen LogP contribution in [-0.4, -0.2) is 21.4 Å². The van der Waals surface area contributed by atoms with Gasteiger partial charge in [-0.15, -0.1) is 0 Å². The van der Waals surface area contributed by atoms with E-state index in [0.29, 0.717) is 22.9 Å². The highest BCUT2D eigenvalue weighted by Gasteiger charge is 2.18. The molecule has 0 radical (unpaired) electrons. The highest BCUT2D eigenvalue weighted by atomic mass is 35.5. The maximum atomic E-state index is 12.7. The number of aryl methyl sites for hydroxylation is 1. The first-order valence-corrected chi connectivity index (χ1v) is 11.9. The fourth-order valence-electron chi connectivity index (χ4n) is 3.17. The van der Waals surface area contributed by atoms with Crippen LogP contribution in [0.2, 0.25) is 5.02 Å². The molecular formula is C24H25ClN2O4S. The summed E-state index contributed by atoms with van der Waals surface area (Å²) in [6.45, 7) is 1.80. The van der Waals surface area contributed by atoms with Crippen LogP contribution in [0.4, 0.5) is 5.69 Å². The smallest absolute Gasteiger partial charge is 0.241 e. The number of amides is 1. The van der Waals surface area contributed by atoms with Crippen molar-refractivity contribution in [2.75, 3.05) is 12.4 Å². The van der Waals surface area contributed by atoms with Crippen molar-refractivity contribution in [3.8, 4) is 5.75 Å². The Bertz CT molecular complexity index is 1170. The summed E-state index contributed by atoms with van der Waals surface area (Å²) in [7, 11) is -2.13. The van der Waals surface area contributed by atoms with E-state index in [4.69, 9.17) is 16.3 Å². The summed E-state index contributed by atoms with van der Waals surface area (Å²) in [6.07, 6.45) is 0.725. The number of nitrogens with one attached hydrogen (secondary N) is 2. The van der Waals surface area contributed by atoms with E-state index in [2.05, 4.69) is 10.0 Å². The molecule has 1 unspecified atom stereocenters. The zero-order valence-corrected chi connectivity index (χ0v) is 19.4. The molecule has 168 valence electrons. The molecule has 0 bridgehead atoms. The summed E-state index contributed by atoms with van der Waals surface area (Å²) in [5, 5.41) is 3.21. The third kappa shape index (κ3) is 6.32. The lowest BCUT2D eigenvalue weighted by atomic mass is 10.1. The fourth-order valence-corrected chi connectivity index (χ4v) is 4.66. The SMILES string of the molecule is COc1ccc(NC(=O)CCc2ccc(S(=O)(=O)NC(C)c3ccccc3)cc2)cc1Cl. The van der Waals surface area contributed by atoms with E-state index >= 15 is 0 Å². The average Bonchev–Trinajstić information content (AvgIpc) is 2.78. The van der Waals surface area contributed by atoms with Crippen molar-refractivity contribution >= 4 is 33.2 Å². The van der Waals surface area contributed by atoms with Crippen LogP contribution in [0.25, 0.3) is 0 Å². The average molecular weight is 473 g/mol. The number of halogens is 1. The Morgan fingerprint density at radius 2 is 1.72 bits per heavy atom. The quantitative estimate of drug-likeness (QED) is 0.461. The van der Waals surface area contributed by atoms with Crippen LogP contribution in [0.3, 0.4) is 0 Å². The number of anilines is 1. The van der Waals surface area contributed by atoms with E-state index in [1.165, 1.54) is 7.11 Å². The Morgan fingerprint density at radius 1 is 1.03 bits per heavy atom. The highest BCUT2D eigenvalue weighted by molar-refractivity contribution is 7.89. The van der Waals surface area contributed by atoms with Gasteiger partial charge in [0.25, 0.3) is 0 Å². The first-order valence-electron chi connectivity index (χ1n) is 10.1. The Labute approximate surface area is 193 Å². The Kier molecular flexibility index (Phi) is 7.90. The first-order chi connectivity index (χ1) is 15.3. The monoisotopic (exact) mass is 472 g/mol. The fraction of sp³-hybridized carbons (Fsp3) is 0.208. The number of benzene rings is 3. The molecule has 3 aromatic carbocycles. The molecule has 1 amide bonds. The molecule has 0 saturated carbocycles. The molecule has 3 rings (SSSR count). The lowest BCUT2D eigenvalue weighted by molar-refractivity contribution is -0.116. The molecule has 0 heterocycles. The van der Waals surface area contributed by atoms with Gasteiger partial charge in [-0.1, -0.05) is 54.1 Å². The van der Waals surface area contributed by atoms with Gasteiger partial charge in [0.05, 0.1) is 17.0 Å². The Hall–Kier alpha value is -2.87. The van der Waals surface area contributed by atoms with Gasteiger partial charge in [-0.25, -0.2) is 13.1 Å². The van der Waals surface area contributed by atoms with E-state index in [1.807, 2.05) is 30.3 Å². The molecule has 6 nitrogen and oxygen atoms in total. The molecule has 0 saturated heterocycles. The normalized spacial score (nSPS) is 12.2. The van der Waals surface area contributed by atoms with Crippen molar-refractivity contribution in [3.63, 3.8) is 0 Å². The third-order valence-electron chi connectivity index (χ3n) is 4.94. The van der Waals surface area contributed by atoms with Gasteiger partial charge < -0.3 is 10.1 Å². The van der Waals surface area contributed by atoms with Gasteiger partial charge in [-0.05, 0) is 54.8 Å². The summed E-state index contributed by atoms with van der Waals surface area (Å²) < 4.78 is 33.1. The molecule has 32 heavy (non-hydrogen) atoms. The number of hydrogen-bond donors (Lipinski definition) is 2.